The topological polar surface area (TPSA) is 73.3 Å². The molecule has 2 rings (SSSR count). The summed E-state index contributed by atoms with van der Waals surface area (Å²) < 4.78 is 6.82. The van der Waals surface area contributed by atoms with Crippen LogP contribution in [0.1, 0.15) is 0 Å². The first-order chi connectivity index (χ1) is 6.24. The zero-order valence-electron chi connectivity index (χ0n) is 7.31. The first-order valence-electron chi connectivity index (χ1n) is 4.21. The van der Waals surface area contributed by atoms with Crippen molar-refractivity contribution in [2.24, 2.45) is 5.41 Å². The highest BCUT2D eigenvalue weighted by Crippen LogP contribution is 2.28. The van der Waals surface area contributed by atoms with Crippen LogP contribution in [0.15, 0.2) is 12.4 Å². The highest BCUT2D eigenvalue weighted by atomic mass is 16.5. The molecule has 1 aromatic heterocycles. The number of ether oxygens (including phenoxy) is 1. The predicted octanol–water partition coefficient (Wildman–Crippen LogP) is -0.526. The monoisotopic (exact) mass is 183 g/mol. The van der Waals surface area contributed by atoms with Gasteiger partial charge in [-0.15, -0.1) is 0 Å². The van der Waals surface area contributed by atoms with Crippen LogP contribution < -0.4 is 5.73 Å². The Morgan fingerprint density at radius 1 is 1.69 bits per heavy atom. The van der Waals surface area contributed by atoms with E-state index in [0.717, 1.165) is 0 Å². The summed E-state index contributed by atoms with van der Waals surface area (Å²) in [5.74, 6) is 0. The van der Waals surface area contributed by atoms with E-state index in [2.05, 4.69) is 5.10 Å². The van der Waals surface area contributed by atoms with Gasteiger partial charge >= 0.3 is 0 Å². The van der Waals surface area contributed by atoms with Crippen LogP contribution in [0.5, 0.6) is 0 Å². The fourth-order valence-corrected chi connectivity index (χ4v) is 1.43. The van der Waals surface area contributed by atoms with Gasteiger partial charge in [0.25, 0.3) is 0 Å². The molecule has 2 heterocycles. The molecule has 1 aromatic rings. The van der Waals surface area contributed by atoms with Crippen LogP contribution in [0.2, 0.25) is 0 Å². The molecule has 0 unspecified atom stereocenters. The first kappa shape index (κ1) is 8.52. The van der Waals surface area contributed by atoms with E-state index < -0.39 is 0 Å². The number of anilines is 1. The lowest BCUT2D eigenvalue weighted by molar-refractivity contribution is -0.146. The summed E-state index contributed by atoms with van der Waals surface area (Å²) in [6.07, 6.45) is 3.36. The maximum atomic E-state index is 9.15. The molecule has 0 atom stereocenters. The zero-order chi connectivity index (χ0) is 9.31. The smallest absolute Gasteiger partial charge is 0.0719 e. The highest BCUT2D eigenvalue weighted by Gasteiger charge is 2.38. The quantitative estimate of drug-likeness (QED) is 0.661. The molecule has 1 aliphatic heterocycles. The molecule has 0 radical (unpaired) electrons. The second-order valence-electron chi connectivity index (χ2n) is 3.62. The largest absolute Gasteiger partial charge is 0.396 e. The predicted molar refractivity (Wildman–Crippen MR) is 47.0 cm³/mol. The number of aromatic nitrogens is 2. The molecule has 1 fully saturated rings. The van der Waals surface area contributed by atoms with Crippen LogP contribution in [0.3, 0.4) is 0 Å². The summed E-state index contributed by atoms with van der Waals surface area (Å²) in [7, 11) is 0. The Morgan fingerprint density at radius 3 is 2.85 bits per heavy atom. The van der Waals surface area contributed by atoms with Crippen LogP contribution in [0.4, 0.5) is 5.69 Å². The van der Waals surface area contributed by atoms with Crippen molar-refractivity contribution >= 4 is 5.69 Å². The lowest BCUT2D eigenvalue weighted by Crippen LogP contribution is -2.48. The number of nitrogens with two attached hydrogens (primary N) is 1. The third-order valence-electron chi connectivity index (χ3n) is 2.30. The van der Waals surface area contributed by atoms with Gasteiger partial charge in [-0.1, -0.05) is 0 Å². The highest BCUT2D eigenvalue weighted by molar-refractivity contribution is 5.30. The van der Waals surface area contributed by atoms with Crippen molar-refractivity contribution in [1.29, 1.82) is 0 Å². The van der Waals surface area contributed by atoms with E-state index in [4.69, 9.17) is 15.6 Å². The van der Waals surface area contributed by atoms with Crippen molar-refractivity contribution in [1.82, 2.24) is 9.78 Å². The molecular formula is C8H13N3O2. The standard InChI is InChI=1S/C8H13N3O2/c9-7-1-10-11(2-7)3-8(4-12)5-13-6-8/h1-2,12H,3-6,9H2. The molecule has 5 heteroatoms. The normalized spacial score (nSPS) is 19.8. The van der Waals surface area contributed by atoms with Crippen LogP contribution in [-0.2, 0) is 11.3 Å². The van der Waals surface area contributed by atoms with E-state index in [1.54, 1.807) is 17.1 Å². The zero-order valence-corrected chi connectivity index (χ0v) is 7.31. The molecule has 0 spiro atoms. The van der Waals surface area contributed by atoms with Gasteiger partial charge in [0.1, 0.15) is 0 Å². The Balaban J connectivity index is 2.04. The second kappa shape index (κ2) is 3.01. The number of nitrogen functional groups attached to an aromatic ring is 1. The maximum Gasteiger partial charge on any atom is 0.0719 e. The summed E-state index contributed by atoms with van der Waals surface area (Å²) in [6.45, 7) is 2.00. The molecule has 0 aromatic carbocycles. The Labute approximate surface area is 76.1 Å². The third-order valence-corrected chi connectivity index (χ3v) is 2.30. The van der Waals surface area contributed by atoms with Gasteiger partial charge in [0.05, 0.1) is 43.7 Å². The second-order valence-corrected chi connectivity index (χ2v) is 3.62. The number of rotatable bonds is 3. The average Bonchev–Trinajstić information content (AvgIpc) is 2.44. The fourth-order valence-electron chi connectivity index (χ4n) is 1.43. The van der Waals surface area contributed by atoms with E-state index in [9.17, 15) is 0 Å². The van der Waals surface area contributed by atoms with Crippen molar-refractivity contribution in [2.45, 2.75) is 6.54 Å². The van der Waals surface area contributed by atoms with Crippen LogP contribution in [-0.4, -0.2) is 34.7 Å². The van der Waals surface area contributed by atoms with Crippen LogP contribution >= 0.6 is 0 Å². The third kappa shape index (κ3) is 1.52. The maximum absolute atomic E-state index is 9.15. The Kier molecular flexibility index (Phi) is 1.97. The number of aliphatic hydroxyl groups is 1. The summed E-state index contributed by atoms with van der Waals surface area (Å²) in [5.41, 5.74) is 6.03. The molecule has 0 saturated carbocycles. The summed E-state index contributed by atoms with van der Waals surface area (Å²) in [4.78, 5) is 0. The summed E-state index contributed by atoms with van der Waals surface area (Å²) >= 11 is 0. The van der Waals surface area contributed by atoms with Gasteiger partial charge in [-0.2, -0.15) is 5.10 Å². The van der Waals surface area contributed by atoms with Gasteiger partial charge in [0, 0.05) is 6.20 Å². The van der Waals surface area contributed by atoms with E-state index in [-0.39, 0.29) is 12.0 Å². The number of aliphatic hydroxyl groups excluding tert-OH is 1. The molecule has 72 valence electrons. The molecule has 0 aliphatic carbocycles. The van der Waals surface area contributed by atoms with Gasteiger partial charge in [-0.05, 0) is 0 Å². The Bertz CT molecular complexity index is 288. The van der Waals surface area contributed by atoms with Gasteiger partial charge in [-0.3, -0.25) is 4.68 Å². The molecule has 0 bridgehead atoms. The van der Waals surface area contributed by atoms with Gasteiger partial charge in [0.15, 0.2) is 0 Å². The van der Waals surface area contributed by atoms with E-state index in [0.29, 0.717) is 25.4 Å². The van der Waals surface area contributed by atoms with Gasteiger partial charge < -0.3 is 15.6 Å². The van der Waals surface area contributed by atoms with Gasteiger partial charge in [-0.25, -0.2) is 0 Å². The van der Waals surface area contributed by atoms with Gasteiger partial charge in [0.2, 0.25) is 0 Å². The van der Waals surface area contributed by atoms with Crippen molar-refractivity contribution in [3.63, 3.8) is 0 Å². The van der Waals surface area contributed by atoms with Crippen molar-refractivity contribution in [3.05, 3.63) is 12.4 Å². The minimum atomic E-state index is -0.140. The van der Waals surface area contributed by atoms with Crippen molar-refractivity contribution in [3.8, 4) is 0 Å². The van der Waals surface area contributed by atoms with E-state index >= 15 is 0 Å². The molecule has 1 aliphatic rings. The Hall–Kier alpha value is -1.07. The summed E-state index contributed by atoms with van der Waals surface area (Å²) in [5, 5.41) is 13.2. The van der Waals surface area contributed by atoms with Crippen molar-refractivity contribution in [2.75, 3.05) is 25.6 Å². The molecule has 13 heavy (non-hydrogen) atoms. The lowest BCUT2D eigenvalue weighted by atomic mass is 9.87. The summed E-state index contributed by atoms with van der Waals surface area (Å²) in [6, 6.07) is 0. The SMILES string of the molecule is Nc1cnn(CC2(CO)COC2)c1. The lowest BCUT2D eigenvalue weighted by Gasteiger charge is -2.39. The number of hydrogen-bond acceptors (Lipinski definition) is 4. The molecule has 3 N–H and O–H groups in total. The molecule has 1 saturated heterocycles. The average molecular weight is 183 g/mol. The number of nitrogens with zero attached hydrogens (tertiary/aromatic N) is 2. The van der Waals surface area contributed by atoms with E-state index in [1.807, 2.05) is 0 Å². The molecule has 5 nitrogen and oxygen atoms in total. The minimum absolute atomic E-state index is 0.132. The molecule has 0 amide bonds. The fraction of sp³-hybridized carbons (Fsp3) is 0.625. The van der Waals surface area contributed by atoms with Crippen molar-refractivity contribution < 1.29 is 9.84 Å². The van der Waals surface area contributed by atoms with E-state index in [1.165, 1.54) is 0 Å². The minimum Gasteiger partial charge on any atom is -0.396 e. The van der Waals surface area contributed by atoms with Crippen LogP contribution in [0, 0.1) is 5.41 Å². The Morgan fingerprint density at radius 2 is 2.46 bits per heavy atom. The number of hydrogen-bond donors (Lipinski definition) is 2. The first-order valence-corrected chi connectivity index (χ1v) is 4.21. The van der Waals surface area contributed by atoms with Crippen LogP contribution in [0.25, 0.3) is 0 Å². The molecular weight excluding hydrogens is 170 g/mol.